The van der Waals surface area contributed by atoms with E-state index in [1.165, 1.54) is 32.2 Å². The summed E-state index contributed by atoms with van der Waals surface area (Å²) in [6, 6.07) is 8.78. The Morgan fingerprint density at radius 2 is 1.92 bits per heavy atom. The first-order valence-electron chi connectivity index (χ1n) is 7.43. The molecular weight excluding hydrogens is 349 g/mol. The van der Waals surface area contributed by atoms with Crippen molar-refractivity contribution in [1.82, 2.24) is 0 Å². The lowest BCUT2D eigenvalue weighted by molar-refractivity contribution is -0.123. The molecule has 1 atom stereocenters. The number of halogens is 2. The van der Waals surface area contributed by atoms with Gasteiger partial charge in [-0.25, -0.2) is 9.18 Å². The van der Waals surface area contributed by atoms with E-state index >= 15 is 0 Å². The monoisotopic (exact) mass is 365 g/mol. The van der Waals surface area contributed by atoms with Gasteiger partial charge in [-0.1, -0.05) is 17.7 Å². The molecule has 2 rings (SSSR count). The number of hydrogen-bond donors (Lipinski definition) is 1. The summed E-state index contributed by atoms with van der Waals surface area (Å²) < 4.78 is 23.7. The lowest BCUT2D eigenvalue weighted by Gasteiger charge is -2.15. The predicted molar refractivity (Wildman–Crippen MR) is 92.6 cm³/mol. The van der Waals surface area contributed by atoms with E-state index in [0.717, 1.165) is 0 Å². The van der Waals surface area contributed by atoms with Gasteiger partial charge in [0.2, 0.25) is 0 Å². The van der Waals surface area contributed by atoms with Gasteiger partial charge in [0, 0.05) is 10.7 Å². The average molecular weight is 366 g/mol. The second kappa shape index (κ2) is 7.98. The number of benzene rings is 2. The maximum Gasteiger partial charge on any atom is 0.342 e. The molecule has 0 aliphatic carbocycles. The van der Waals surface area contributed by atoms with Gasteiger partial charge in [-0.15, -0.1) is 0 Å². The number of methoxy groups -OCH3 is 1. The third-order valence-electron chi connectivity index (χ3n) is 3.47. The quantitative estimate of drug-likeness (QED) is 0.814. The van der Waals surface area contributed by atoms with Crippen LogP contribution in [0, 0.1) is 12.7 Å². The van der Waals surface area contributed by atoms with Crippen LogP contribution in [0.2, 0.25) is 5.02 Å². The summed E-state index contributed by atoms with van der Waals surface area (Å²) in [5.41, 5.74) is 0.845. The van der Waals surface area contributed by atoms with Crippen LogP contribution >= 0.6 is 11.6 Å². The molecule has 0 aliphatic heterocycles. The second-order valence-electron chi connectivity index (χ2n) is 5.35. The van der Waals surface area contributed by atoms with E-state index in [-0.39, 0.29) is 17.0 Å². The molecule has 132 valence electrons. The third-order valence-corrected chi connectivity index (χ3v) is 3.71. The Balaban J connectivity index is 2.06. The van der Waals surface area contributed by atoms with Crippen molar-refractivity contribution in [2.45, 2.75) is 20.0 Å². The normalized spacial score (nSPS) is 11.6. The number of nitrogens with one attached hydrogen (secondary N) is 1. The maximum atomic E-state index is 13.5. The highest BCUT2D eigenvalue weighted by molar-refractivity contribution is 6.31. The molecule has 0 radical (unpaired) electrons. The number of amides is 1. The van der Waals surface area contributed by atoms with Gasteiger partial charge >= 0.3 is 5.97 Å². The van der Waals surface area contributed by atoms with E-state index in [4.69, 9.17) is 21.1 Å². The number of esters is 1. The van der Waals surface area contributed by atoms with Crippen molar-refractivity contribution in [1.29, 1.82) is 0 Å². The van der Waals surface area contributed by atoms with Crippen LogP contribution in [0.3, 0.4) is 0 Å². The zero-order valence-corrected chi connectivity index (χ0v) is 14.7. The molecule has 1 N–H and O–H groups in total. The number of carbonyl (C=O) groups excluding carboxylic acids is 2. The van der Waals surface area contributed by atoms with Crippen molar-refractivity contribution in [2.75, 3.05) is 12.4 Å². The van der Waals surface area contributed by atoms with Crippen LogP contribution < -0.4 is 10.1 Å². The SMILES string of the molecule is COc1ccc(Cl)cc1C(=O)O[C@@H](C)C(=O)Nc1ccc(C)c(F)c1. The Morgan fingerprint density at radius 3 is 2.56 bits per heavy atom. The Morgan fingerprint density at radius 1 is 1.20 bits per heavy atom. The van der Waals surface area contributed by atoms with Crippen molar-refractivity contribution in [3.8, 4) is 5.75 Å². The molecule has 0 aliphatic rings. The lowest BCUT2D eigenvalue weighted by atomic mass is 10.2. The highest BCUT2D eigenvalue weighted by Gasteiger charge is 2.22. The van der Waals surface area contributed by atoms with Crippen molar-refractivity contribution in [3.63, 3.8) is 0 Å². The fourth-order valence-corrected chi connectivity index (χ4v) is 2.20. The second-order valence-corrected chi connectivity index (χ2v) is 5.78. The largest absolute Gasteiger partial charge is 0.496 e. The summed E-state index contributed by atoms with van der Waals surface area (Å²) in [5, 5.41) is 2.83. The third kappa shape index (κ3) is 4.70. The fourth-order valence-electron chi connectivity index (χ4n) is 2.03. The maximum absolute atomic E-state index is 13.5. The van der Waals surface area contributed by atoms with Crippen LogP contribution in [0.5, 0.6) is 5.75 Å². The predicted octanol–water partition coefficient (Wildman–Crippen LogP) is 3.98. The minimum absolute atomic E-state index is 0.107. The molecular formula is C18H17ClFNO4. The highest BCUT2D eigenvalue weighted by atomic mass is 35.5. The molecule has 2 aromatic rings. The summed E-state index contributed by atoms with van der Waals surface area (Å²) in [5.74, 6) is -1.50. The molecule has 0 bridgehead atoms. The molecule has 0 spiro atoms. The van der Waals surface area contributed by atoms with Crippen LogP contribution in [-0.4, -0.2) is 25.1 Å². The van der Waals surface area contributed by atoms with Crippen molar-refractivity contribution in [2.24, 2.45) is 0 Å². The molecule has 0 aromatic heterocycles. The molecule has 0 heterocycles. The van der Waals surface area contributed by atoms with Crippen LogP contribution in [0.1, 0.15) is 22.8 Å². The van der Waals surface area contributed by atoms with E-state index in [2.05, 4.69) is 5.32 Å². The van der Waals surface area contributed by atoms with E-state index in [0.29, 0.717) is 10.6 Å². The van der Waals surface area contributed by atoms with Crippen LogP contribution in [0.25, 0.3) is 0 Å². The topological polar surface area (TPSA) is 64.6 Å². The van der Waals surface area contributed by atoms with E-state index in [1.54, 1.807) is 25.1 Å². The zero-order chi connectivity index (χ0) is 18.6. The van der Waals surface area contributed by atoms with Gasteiger partial charge in [-0.2, -0.15) is 0 Å². The zero-order valence-electron chi connectivity index (χ0n) is 13.9. The average Bonchev–Trinajstić information content (AvgIpc) is 2.58. The molecule has 0 fully saturated rings. The van der Waals surface area contributed by atoms with Gasteiger partial charge in [0.15, 0.2) is 6.10 Å². The molecule has 2 aromatic carbocycles. The molecule has 0 unspecified atom stereocenters. The number of carbonyl (C=O) groups is 2. The summed E-state index contributed by atoms with van der Waals surface area (Å²) in [6.07, 6.45) is -1.10. The van der Waals surface area contributed by atoms with Crippen LogP contribution in [0.15, 0.2) is 36.4 Å². The van der Waals surface area contributed by atoms with Crippen molar-refractivity contribution in [3.05, 3.63) is 58.4 Å². The van der Waals surface area contributed by atoms with Gasteiger partial charge < -0.3 is 14.8 Å². The molecule has 25 heavy (non-hydrogen) atoms. The summed E-state index contributed by atoms with van der Waals surface area (Å²) >= 11 is 5.87. The summed E-state index contributed by atoms with van der Waals surface area (Å²) in [7, 11) is 1.40. The van der Waals surface area contributed by atoms with E-state index in [1.807, 2.05) is 0 Å². The minimum Gasteiger partial charge on any atom is -0.496 e. The first-order valence-corrected chi connectivity index (χ1v) is 7.81. The lowest BCUT2D eigenvalue weighted by Crippen LogP contribution is -2.30. The number of ether oxygens (including phenoxy) is 2. The molecule has 7 heteroatoms. The smallest absolute Gasteiger partial charge is 0.342 e. The fraction of sp³-hybridized carbons (Fsp3) is 0.222. The van der Waals surface area contributed by atoms with Gasteiger partial charge in [-0.05, 0) is 49.7 Å². The molecule has 0 saturated carbocycles. The first kappa shape index (κ1) is 18.7. The Bertz CT molecular complexity index is 810. The Hall–Kier alpha value is -2.60. The summed E-state index contributed by atoms with van der Waals surface area (Å²) in [4.78, 5) is 24.4. The standard InChI is InChI=1S/C18H17ClFNO4/c1-10-4-6-13(9-15(10)20)21-17(22)11(2)25-18(23)14-8-12(19)5-7-16(14)24-3/h4-9,11H,1-3H3,(H,21,22)/t11-/m0/s1. The van der Waals surface area contributed by atoms with Gasteiger partial charge in [0.1, 0.15) is 17.1 Å². The Kier molecular flexibility index (Phi) is 5.98. The molecule has 0 saturated heterocycles. The van der Waals surface area contributed by atoms with Crippen LogP contribution in [-0.2, 0) is 9.53 Å². The Labute approximate surface area is 149 Å². The first-order chi connectivity index (χ1) is 11.8. The van der Waals surface area contributed by atoms with Gasteiger partial charge in [-0.3, -0.25) is 4.79 Å². The number of rotatable bonds is 5. The number of hydrogen-bond acceptors (Lipinski definition) is 4. The van der Waals surface area contributed by atoms with Gasteiger partial charge in [0.05, 0.1) is 7.11 Å². The minimum atomic E-state index is -1.10. The van der Waals surface area contributed by atoms with E-state index in [9.17, 15) is 14.0 Å². The molecule has 5 nitrogen and oxygen atoms in total. The van der Waals surface area contributed by atoms with Crippen molar-refractivity contribution >= 4 is 29.2 Å². The number of aryl methyl sites for hydroxylation is 1. The van der Waals surface area contributed by atoms with E-state index < -0.39 is 23.8 Å². The number of anilines is 1. The van der Waals surface area contributed by atoms with Crippen LogP contribution in [0.4, 0.5) is 10.1 Å². The van der Waals surface area contributed by atoms with Crippen molar-refractivity contribution < 1.29 is 23.5 Å². The molecule has 1 amide bonds. The van der Waals surface area contributed by atoms with Gasteiger partial charge in [0.25, 0.3) is 5.91 Å². The summed E-state index contributed by atoms with van der Waals surface area (Å²) in [6.45, 7) is 3.03. The highest BCUT2D eigenvalue weighted by Crippen LogP contribution is 2.24.